The number of carbonyl (C=O) groups excluding carboxylic acids is 2. The quantitative estimate of drug-likeness (QED) is 0.657. The molecule has 2 aromatic carbocycles. The fraction of sp³-hybridized carbons (Fsp3) is 0.417. The second kappa shape index (κ2) is 8.59. The highest BCUT2D eigenvalue weighted by Gasteiger charge is 2.39. The van der Waals surface area contributed by atoms with E-state index in [0.717, 1.165) is 11.1 Å². The lowest BCUT2D eigenvalue weighted by atomic mass is 10.1. The van der Waals surface area contributed by atoms with Gasteiger partial charge in [0, 0.05) is 50.9 Å². The van der Waals surface area contributed by atoms with Crippen LogP contribution in [0.2, 0.25) is 0 Å². The summed E-state index contributed by atoms with van der Waals surface area (Å²) in [7, 11) is -3.62. The van der Waals surface area contributed by atoms with E-state index < -0.39 is 15.9 Å². The zero-order valence-electron chi connectivity index (χ0n) is 19.2. The minimum Gasteiger partial charge on any atom is -0.454 e. The Balaban J connectivity index is 1.22. The Morgan fingerprint density at radius 3 is 2.41 bits per heavy atom. The molecular formula is C24H27N3O6S. The minimum absolute atomic E-state index is 0.111. The highest BCUT2D eigenvalue weighted by molar-refractivity contribution is 7.89. The zero-order chi connectivity index (χ0) is 24.0. The lowest BCUT2D eigenvalue weighted by Crippen LogP contribution is -2.52. The molecule has 2 saturated heterocycles. The molecule has 9 nitrogen and oxygen atoms in total. The number of hydrogen-bond acceptors (Lipinski definition) is 6. The van der Waals surface area contributed by atoms with E-state index >= 15 is 0 Å². The number of ether oxygens (including phenoxy) is 2. The van der Waals surface area contributed by atoms with Gasteiger partial charge in [0.05, 0.1) is 10.8 Å². The first-order valence-corrected chi connectivity index (χ1v) is 12.7. The van der Waals surface area contributed by atoms with Crippen LogP contribution in [0.1, 0.15) is 17.5 Å². The number of piperazine rings is 1. The molecule has 3 heterocycles. The molecule has 0 aromatic heterocycles. The maximum Gasteiger partial charge on any atom is 0.243 e. The van der Waals surface area contributed by atoms with Gasteiger partial charge in [-0.2, -0.15) is 4.31 Å². The number of fused-ring (bicyclic) bond motifs is 1. The first-order chi connectivity index (χ1) is 16.2. The van der Waals surface area contributed by atoms with Gasteiger partial charge in [0.15, 0.2) is 11.5 Å². The van der Waals surface area contributed by atoms with Gasteiger partial charge in [0.25, 0.3) is 0 Å². The summed E-state index contributed by atoms with van der Waals surface area (Å²) in [5.41, 5.74) is 2.64. The Labute approximate surface area is 198 Å². The first kappa shape index (κ1) is 22.7. The fourth-order valence-corrected chi connectivity index (χ4v) is 6.11. The summed E-state index contributed by atoms with van der Waals surface area (Å²) >= 11 is 0. The third-order valence-electron chi connectivity index (χ3n) is 6.81. The number of benzene rings is 2. The second-order valence-corrected chi connectivity index (χ2v) is 10.9. The molecule has 3 aliphatic rings. The largest absolute Gasteiger partial charge is 0.454 e. The van der Waals surface area contributed by atoms with Crippen molar-refractivity contribution in [2.24, 2.45) is 5.92 Å². The number of hydrogen-bond donors (Lipinski definition) is 0. The number of aryl methyl sites for hydroxylation is 2. The van der Waals surface area contributed by atoms with Crippen LogP contribution >= 0.6 is 0 Å². The van der Waals surface area contributed by atoms with Crippen molar-refractivity contribution >= 4 is 27.5 Å². The summed E-state index contributed by atoms with van der Waals surface area (Å²) in [6.07, 6.45) is 0.133. The molecule has 0 saturated carbocycles. The SMILES string of the molecule is Cc1ccc(S(=O)(=O)N2CCN(C(=O)C3CC(=O)N(c4ccc5c(c4)OCO5)C3)CC2)cc1C. The summed E-state index contributed by atoms with van der Waals surface area (Å²) in [6, 6.07) is 10.4. The van der Waals surface area contributed by atoms with Gasteiger partial charge < -0.3 is 19.3 Å². The van der Waals surface area contributed by atoms with Crippen molar-refractivity contribution in [2.75, 3.05) is 44.4 Å². The predicted molar refractivity (Wildman–Crippen MR) is 124 cm³/mol. The van der Waals surface area contributed by atoms with Crippen molar-refractivity contribution in [1.82, 2.24) is 9.21 Å². The normalized spacial score (nSPS) is 20.8. The summed E-state index contributed by atoms with van der Waals surface area (Å²) in [4.78, 5) is 29.4. The van der Waals surface area contributed by atoms with Crippen molar-refractivity contribution < 1.29 is 27.5 Å². The number of sulfonamides is 1. The van der Waals surface area contributed by atoms with Gasteiger partial charge in [0.1, 0.15) is 0 Å². The van der Waals surface area contributed by atoms with Crippen LogP contribution in [0.25, 0.3) is 0 Å². The first-order valence-electron chi connectivity index (χ1n) is 11.3. The number of nitrogens with zero attached hydrogens (tertiary/aromatic N) is 3. The molecule has 0 spiro atoms. The molecule has 34 heavy (non-hydrogen) atoms. The van der Waals surface area contributed by atoms with Crippen LogP contribution < -0.4 is 14.4 Å². The maximum atomic E-state index is 13.2. The molecule has 1 atom stereocenters. The summed E-state index contributed by atoms with van der Waals surface area (Å²) in [5.74, 6) is 0.534. The summed E-state index contributed by atoms with van der Waals surface area (Å²) in [5, 5.41) is 0. The molecule has 0 aliphatic carbocycles. The van der Waals surface area contributed by atoms with Gasteiger partial charge >= 0.3 is 0 Å². The molecule has 0 bridgehead atoms. The number of anilines is 1. The van der Waals surface area contributed by atoms with Crippen LogP contribution in [-0.4, -0.2) is 69.0 Å². The molecule has 1 unspecified atom stereocenters. The number of carbonyl (C=O) groups is 2. The molecule has 5 rings (SSSR count). The van der Waals surface area contributed by atoms with E-state index in [2.05, 4.69) is 0 Å². The van der Waals surface area contributed by atoms with Crippen LogP contribution in [-0.2, 0) is 19.6 Å². The van der Waals surface area contributed by atoms with E-state index in [0.29, 0.717) is 36.8 Å². The highest BCUT2D eigenvalue weighted by Crippen LogP contribution is 2.37. The average Bonchev–Trinajstić information content (AvgIpc) is 3.46. The van der Waals surface area contributed by atoms with Crippen molar-refractivity contribution in [3.05, 3.63) is 47.5 Å². The predicted octanol–water partition coefficient (Wildman–Crippen LogP) is 1.92. The van der Waals surface area contributed by atoms with Crippen LogP contribution in [0.15, 0.2) is 41.3 Å². The molecule has 2 fully saturated rings. The molecular weight excluding hydrogens is 458 g/mol. The Morgan fingerprint density at radius 1 is 0.941 bits per heavy atom. The van der Waals surface area contributed by atoms with Crippen LogP contribution in [0, 0.1) is 19.8 Å². The Hall–Kier alpha value is -3.11. The van der Waals surface area contributed by atoms with E-state index in [-0.39, 0.29) is 43.0 Å². The van der Waals surface area contributed by atoms with E-state index in [1.54, 1.807) is 40.1 Å². The number of rotatable bonds is 4. The van der Waals surface area contributed by atoms with Gasteiger partial charge in [-0.05, 0) is 49.2 Å². The molecule has 0 radical (unpaired) electrons. The molecule has 3 aliphatic heterocycles. The molecule has 0 N–H and O–H groups in total. The molecule has 180 valence electrons. The second-order valence-electron chi connectivity index (χ2n) is 8.92. The van der Waals surface area contributed by atoms with E-state index in [1.165, 1.54) is 4.31 Å². The minimum atomic E-state index is -3.62. The third-order valence-corrected chi connectivity index (χ3v) is 8.70. The van der Waals surface area contributed by atoms with E-state index in [1.807, 2.05) is 19.9 Å². The van der Waals surface area contributed by atoms with Crippen LogP contribution in [0.5, 0.6) is 11.5 Å². The van der Waals surface area contributed by atoms with Gasteiger partial charge in [-0.1, -0.05) is 6.07 Å². The summed E-state index contributed by atoms with van der Waals surface area (Å²) in [6.45, 7) is 5.34. The topological polar surface area (TPSA) is 96.5 Å². The average molecular weight is 486 g/mol. The molecule has 2 amide bonds. The van der Waals surface area contributed by atoms with Crippen molar-refractivity contribution in [3.63, 3.8) is 0 Å². The van der Waals surface area contributed by atoms with E-state index in [4.69, 9.17) is 9.47 Å². The maximum absolute atomic E-state index is 13.2. The standard InChI is InChI=1S/C24H27N3O6S/c1-16-3-5-20(11-17(16)2)34(30,31)26-9-7-25(8-10-26)24(29)18-12-23(28)27(14-18)19-4-6-21-22(13-19)33-15-32-21/h3-6,11,13,18H,7-10,12,14-15H2,1-2H3. The smallest absolute Gasteiger partial charge is 0.243 e. The summed E-state index contributed by atoms with van der Waals surface area (Å²) < 4.78 is 38.3. The van der Waals surface area contributed by atoms with Crippen molar-refractivity contribution in [3.8, 4) is 11.5 Å². The lowest BCUT2D eigenvalue weighted by molar-refractivity contribution is -0.136. The van der Waals surface area contributed by atoms with Crippen LogP contribution in [0.4, 0.5) is 5.69 Å². The number of amides is 2. The monoisotopic (exact) mass is 485 g/mol. The van der Waals surface area contributed by atoms with Gasteiger partial charge in [0.2, 0.25) is 28.6 Å². The zero-order valence-corrected chi connectivity index (χ0v) is 20.0. The Morgan fingerprint density at radius 2 is 1.68 bits per heavy atom. The fourth-order valence-electron chi connectivity index (χ4n) is 4.61. The third kappa shape index (κ3) is 4.01. The Bertz CT molecular complexity index is 1250. The lowest BCUT2D eigenvalue weighted by Gasteiger charge is -2.35. The highest BCUT2D eigenvalue weighted by atomic mass is 32.2. The van der Waals surface area contributed by atoms with Crippen LogP contribution in [0.3, 0.4) is 0 Å². The Kier molecular flexibility index (Phi) is 5.73. The molecule has 2 aromatic rings. The van der Waals surface area contributed by atoms with E-state index in [9.17, 15) is 18.0 Å². The van der Waals surface area contributed by atoms with Crippen molar-refractivity contribution in [2.45, 2.75) is 25.2 Å². The van der Waals surface area contributed by atoms with Gasteiger partial charge in [-0.15, -0.1) is 0 Å². The molecule has 10 heteroatoms. The van der Waals surface area contributed by atoms with Crippen molar-refractivity contribution in [1.29, 1.82) is 0 Å². The van der Waals surface area contributed by atoms with Gasteiger partial charge in [-0.3, -0.25) is 9.59 Å². The van der Waals surface area contributed by atoms with Gasteiger partial charge in [-0.25, -0.2) is 8.42 Å².